The van der Waals surface area contributed by atoms with Gasteiger partial charge in [0.15, 0.2) is 0 Å². The lowest BCUT2D eigenvalue weighted by Gasteiger charge is -1.91. The van der Waals surface area contributed by atoms with Crippen molar-refractivity contribution in [2.24, 2.45) is 0 Å². The van der Waals surface area contributed by atoms with Gasteiger partial charge in [-0.15, -0.1) is 0 Å². The predicted molar refractivity (Wildman–Crippen MR) is 41.2 cm³/mol. The number of hydrogen-bond acceptors (Lipinski definition) is 2. The molecular weight excluding hydrogens is 140 g/mol. The topological polar surface area (TPSA) is 45.8 Å². The van der Waals surface area contributed by atoms with E-state index >= 15 is 0 Å². The summed E-state index contributed by atoms with van der Waals surface area (Å²) in [6.07, 6.45) is 1.62. The molecule has 0 atom stereocenters. The Labute approximate surface area is 62.7 Å². The molecule has 1 aromatic carbocycles. The summed E-state index contributed by atoms with van der Waals surface area (Å²) in [5.41, 5.74) is -0.167. The summed E-state index contributed by atoms with van der Waals surface area (Å²) >= 11 is 0. The van der Waals surface area contributed by atoms with E-state index in [0.29, 0.717) is 5.39 Å². The van der Waals surface area contributed by atoms with Crippen molar-refractivity contribution in [1.29, 1.82) is 0 Å². The molecule has 1 aromatic heterocycles. The van der Waals surface area contributed by atoms with Crippen LogP contribution in [0.4, 0.5) is 0 Å². The average Bonchev–Trinajstić information content (AvgIpc) is 2.06. The molecule has 3 heteroatoms. The fourth-order valence-electron chi connectivity index (χ4n) is 0.972. The van der Waals surface area contributed by atoms with Gasteiger partial charge in [-0.25, -0.2) is 5.10 Å². The maximum absolute atomic E-state index is 11.0. The molecule has 2 aromatic rings. The van der Waals surface area contributed by atoms with Gasteiger partial charge in [-0.3, -0.25) is 4.79 Å². The summed E-state index contributed by atoms with van der Waals surface area (Å²) in [5.74, 6) is 0. The minimum Gasteiger partial charge on any atom is -0.267 e. The zero-order valence-electron chi connectivity index (χ0n) is 5.66. The van der Waals surface area contributed by atoms with Crippen molar-refractivity contribution in [2.75, 3.05) is 0 Å². The molecule has 53 valence electrons. The molecule has 0 aliphatic carbocycles. The first-order valence-electron chi connectivity index (χ1n) is 3.21. The van der Waals surface area contributed by atoms with Crippen molar-refractivity contribution < 1.29 is 0 Å². The Morgan fingerprint density at radius 1 is 1.55 bits per heavy atom. The maximum Gasteiger partial charge on any atom is 0.272 e. The lowest BCUT2D eigenvalue weighted by Crippen LogP contribution is -2.06. The van der Waals surface area contributed by atoms with E-state index in [1.807, 2.05) is 0 Å². The van der Waals surface area contributed by atoms with E-state index in [-0.39, 0.29) is 5.56 Å². The number of nitrogens with zero attached hydrogens (tertiary/aromatic N) is 1. The highest BCUT2D eigenvalue weighted by Gasteiger charge is 1.93. The van der Waals surface area contributed by atoms with Crippen molar-refractivity contribution in [2.45, 2.75) is 0 Å². The van der Waals surface area contributed by atoms with Crippen LogP contribution >= 0.6 is 0 Å². The molecule has 0 amide bonds. The second-order valence-electron chi connectivity index (χ2n) is 2.21. The Hall–Kier alpha value is -1.64. The predicted octanol–water partition coefficient (Wildman–Crippen LogP) is 0.723. The van der Waals surface area contributed by atoms with E-state index < -0.39 is 0 Å². The molecule has 0 saturated carbocycles. The van der Waals surface area contributed by atoms with Gasteiger partial charge in [-0.05, 0) is 12.1 Å². The molecule has 0 saturated heterocycles. The summed E-state index contributed by atoms with van der Waals surface area (Å²) in [6.45, 7) is 0. The van der Waals surface area contributed by atoms with Crippen LogP contribution in [-0.2, 0) is 0 Å². The fraction of sp³-hybridized carbons (Fsp3) is 0. The Bertz CT molecular complexity index is 428. The molecule has 0 aliphatic heterocycles. The summed E-state index contributed by atoms with van der Waals surface area (Å²) in [5, 5.41) is 7.48. The maximum atomic E-state index is 11.0. The average molecular weight is 145 g/mol. The summed E-state index contributed by atoms with van der Waals surface area (Å²) in [7, 11) is 0. The van der Waals surface area contributed by atoms with E-state index in [2.05, 4.69) is 16.3 Å². The van der Waals surface area contributed by atoms with Gasteiger partial charge in [-0.2, -0.15) is 5.10 Å². The van der Waals surface area contributed by atoms with E-state index in [1.54, 1.807) is 24.4 Å². The SMILES string of the molecule is O=c1[nH]ncc2cc[c]cc12. The third-order valence-corrected chi connectivity index (χ3v) is 1.51. The third-order valence-electron chi connectivity index (χ3n) is 1.51. The molecule has 0 spiro atoms. The van der Waals surface area contributed by atoms with E-state index in [0.717, 1.165) is 5.39 Å². The molecule has 1 radical (unpaired) electrons. The van der Waals surface area contributed by atoms with E-state index in [4.69, 9.17) is 0 Å². The molecule has 1 N–H and O–H groups in total. The van der Waals surface area contributed by atoms with Gasteiger partial charge in [0.2, 0.25) is 0 Å². The first kappa shape index (κ1) is 6.09. The molecule has 3 nitrogen and oxygen atoms in total. The van der Waals surface area contributed by atoms with Crippen molar-refractivity contribution in [3.8, 4) is 0 Å². The van der Waals surface area contributed by atoms with Crippen LogP contribution in [0.3, 0.4) is 0 Å². The number of aromatic amines is 1. The van der Waals surface area contributed by atoms with E-state index in [9.17, 15) is 4.79 Å². The molecule has 2 rings (SSSR count). The molecule has 0 fully saturated rings. The Balaban J connectivity index is 3.03. The van der Waals surface area contributed by atoms with Crippen molar-refractivity contribution >= 4 is 10.8 Å². The number of rotatable bonds is 0. The second kappa shape index (κ2) is 2.20. The quantitative estimate of drug-likeness (QED) is 0.593. The number of benzene rings is 1. The largest absolute Gasteiger partial charge is 0.272 e. The third kappa shape index (κ3) is 0.902. The lowest BCUT2D eigenvalue weighted by atomic mass is 10.2. The second-order valence-corrected chi connectivity index (χ2v) is 2.21. The molecule has 0 bridgehead atoms. The number of aromatic nitrogens is 2. The molecule has 1 heterocycles. The van der Waals surface area contributed by atoms with Gasteiger partial charge < -0.3 is 0 Å². The molecule has 0 aliphatic rings. The number of fused-ring (bicyclic) bond motifs is 1. The monoisotopic (exact) mass is 145 g/mol. The summed E-state index contributed by atoms with van der Waals surface area (Å²) in [4.78, 5) is 11.0. The number of nitrogens with one attached hydrogen (secondary N) is 1. The highest BCUT2D eigenvalue weighted by molar-refractivity contribution is 5.79. The zero-order valence-corrected chi connectivity index (χ0v) is 5.66. The highest BCUT2D eigenvalue weighted by Crippen LogP contribution is 2.03. The van der Waals surface area contributed by atoms with Gasteiger partial charge >= 0.3 is 0 Å². The van der Waals surface area contributed by atoms with Gasteiger partial charge in [0.25, 0.3) is 5.56 Å². The van der Waals surface area contributed by atoms with Crippen molar-refractivity contribution in [3.63, 3.8) is 0 Å². The highest BCUT2D eigenvalue weighted by atomic mass is 16.1. The van der Waals surface area contributed by atoms with Gasteiger partial charge in [0.05, 0.1) is 11.6 Å². The Morgan fingerprint density at radius 2 is 2.45 bits per heavy atom. The smallest absolute Gasteiger partial charge is 0.267 e. The summed E-state index contributed by atoms with van der Waals surface area (Å²) in [6, 6.07) is 8.03. The molecular formula is C8H5N2O. The van der Waals surface area contributed by atoms with Crippen LogP contribution in [-0.4, -0.2) is 10.2 Å². The van der Waals surface area contributed by atoms with E-state index in [1.165, 1.54) is 0 Å². The minimum atomic E-state index is -0.167. The molecule has 11 heavy (non-hydrogen) atoms. The van der Waals surface area contributed by atoms with Crippen molar-refractivity contribution in [1.82, 2.24) is 10.2 Å². The number of H-pyrrole nitrogens is 1. The summed E-state index contributed by atoms with van der Waals surface area (Å²) < 4.78 is 0. The van der Waals surface area contributed by atoms with Crippen LogP contribution in [0.15, 0.2) is 29.2 Å². The Morgan fingerprint density at radius 3 is 3.27 bits per heavy atom. The standard InChI is InChI=1S/C8H5N2O/c11-8-7-4-2-1-3-6(7)5-9-10-8/h1,3-5H,(H,10,11). The number of hydrogen-bond donors (Lipinski definition) is 1. The van der Waals surface area contributed by atoms with Crippen LogP contribution in [0.1, 0.15) is 0 Å². The first-order chi connectivity index (χ1) is 5.38. The lowest BCUT2D eigenvalue weighted by molar-refractivity contribution is 1.01. The fourth-order valence-corrected chi connectivity index (χ4v) is 0.972. The van der Waals surface area contributed by atoms with Crippen LogP contribution in [0.2, 0.25) is 0 Å². The van der Waals surface area contributed by atoms with Crippen molar-refractivity contribution in [3.05, 3.63) is 40.8 Å². The van der Waals surface area contributed by atoms with Crippen LogP contribution in [0, 0.1) is 6.07 Å². The van der Waals surface area contributed by atoms with Gasteiger partial charge in [0, 0.05) is 5.39 Å². The van der Waals surface area contributed by atoms with Crippen LogP contribution < -0.4 is 5.56 Å². The van der Waals surface area contributed by atoms with Gasteiger partial charge in [-0.1, -0.05) is 12.1 Å². The Kier molecular flexibility index (Phi) is 1.22. The van der Waals surface area contributed by atoms with Crippen LogP contribution in [0.5, 0.6) is 0 Å². The van der Waals surface area contributed by atoms with Gasteiger partial charge in [0.1, 0.15) is 0 Å². The first-order valence-corrected chi connectivity index (χ1v) is 3.21. The molecule has 0 unspecified atom stereocenters. The zero-order chi connectivity index (χ0) is 7.68. The minimum absolute atomic E-state index is 0.167. The normalized spacial score (nSPS) is 10.2. The van der Waals surface area contributed by atoms with Crippen LogP contribution in [0.25, 0.3) is 10.8 Å².